The van der Waals surface area contributed by atoms with Crippen molar-refractivity contribution >= 4 is 11.9 Å². The maximum atomic E-state index is 11.9. The first kappa shape index (κ1) is 13.3. The summed E-state index contributed by atoms with van der Waals surface area (Å²) in [4.78, 5) is 24.7. The molecule has 0 unspecified atom stereocenters. The molecule has 0 spiro atoms. The van der Waals surface area contributed by atoms with E-state index in [9.17, 15) is 9.59 Å². The van der Waals surface area contributed by atoms with Gasteiger partial charge in [0.15, 0.2) is 0 Å². The van der Waals surface area contributed by atoms with Crippen LogP contribution >= 0.6 is 0 Å². The van der Waals surface area contributed by atoms with E-state index in [2.05, 4.69) is 6.58 Å². The highest BCUT2D eigenvalue weighted by Crippen LogP contribution is 2.21. The van der Waals surface area contributed by atoms with E-state index >= 15 is 0 Å². The fourth-order valence-corrected chi connectivity index (χ4v) is 2.20. The molecule has 0 N–H and O–H groups in total. The van der Waals surface area contributed by atoms with Crippen LogP contribution in [0.15, 0.2) is 43.0 Å². The van der Waals surface area contributed by atoms with Crippen molar-refractivity contribution in [3.05, 3.63) is 48.6 Å². The van der Waals surface area contributed by atoms with Crippen molar-refractivity contribution in [3.63, 3.8) is 0 Å². The van der Waals surface area contributed by atoms with Gasteiger partial charge in [-0.2, -0.15) is 0 Å². The van der Waals surface area contributed by atoms with Crippen LogP contribution < -0.4 is 0 Å². The molecule has 1 heterocycles. The highest BCUT2D eigenvalue weighted by molar-refractivity contribution is 5.81. The van der Waals surface area contributed by atoms with Crippen LogP contribution in [0.5, 0.6) is 0 Å². The lowest BCUT2D eigenvalue weighted by Gasteiger charge is -2.24. The number of amides is 1. The Morgan fingerprint density at radius 1 is 1.42 bits per heavy atom. The molecule has 0 aromatic heterocycles. The van der Waals surface area contributed by atoms with E-state index in [1.54, 1.807) is 4.90 Å². The molecule has 0 bridgehead atoms. The summed E-state index contributed by atoms with van der Waals surface area (Å²) in [6.45, 7) is 4.16. The van der Waals surface area contributed by atoms with Crippen molar-refractivity contribution in [1.29, 1.82) is 0 Å². The third kappa shape index (κ3) is 3.44. The quantitative estimate of drug-likeness (QED) is 0.599. The van der Waals surface area contributed by atoms with Gasteiger partial charge in [0.05, 0.1) is 6.04 Å². The van der Waals surface area contributed by atoms with Crippen LogP contribution in [0.4, 0.5) is 0 Å². The fraction of sp³-hybridized carbons (Fsp3) is 0.333. The van der Waals surface area contributed by atoms with Crippen molar-refractivity contribution in [2.24, 2.45) is 0 Å². The maximum Gasteiger partial charge on any atom is 0.330 e. The van der Waals surface area contributed by atoms with Crippen LogP contribution in [0.1, 0.15) is 18.4 Å². The molecule has 19 heavy (non-hydrogen) atoms. The fourth-order valence-electron chi connectivity index (χ4n) is 2.20. The number of carbonyl (C=O) groups excluding carboxylic acids is 2. The second kappa shape index (κ2) is 6.18. The van der Waals surface area contributed by atoms with Crippen LogP contribution in [0, 0.1) is 0 Å². The van der Waals surface area contributed by atoms with Crippen LogP contribution in [0.2, 0.25) is 0 Å². The first-order chi connectivity index (χ1) is 9.20. The SMILES string of the molecule is C=CC(=O)OC[C@@H]1CCC(=O)N1Cc1ccccc1. The van der Waals surface area contributed by atoms with Crippen LogP contribution in [0.25, 0.3) is 0 Å². The Balaban J connectivity index is 1.97. The molecule has 0 radical (unpaired) electrons. The van der Waals surface area contributed by atoms with Gasteiger partial charge in [0.25, 0.3) is 0 Å². The van der Waals surface area contributed by atoms with E-state index in [0.29, 0.717) is 13.0 Å². The molecule has 4 heteroatoms. The van der Waals surface area contributed by atoms with Gasteiger partial charge < -0.3 is 9.64 Å². The second-order valence-electron chi connectivity index (χ2n) is 4.53. The molecule has 4 nitrogen and oxygen atoms in total. The molecule has 1 saturated heterocycles. The summed E-state index contributed by atoms with van der Waals surface area (Å²) >= 11 is 0. The summed E-state index contributed by atoms with van der Waals surface area (Å²) in [5.41, 5.74) is 1.08. The normalized spacial score (nSPS) is 18.4. The molecule has 0 saturated carbocycles. The largest absolute Gasteiger partial charge is 0.460 e. The van der Waals surface area contributed by atoms with E-state index in [1.807, 2.05) is 30.3 Å². The Kier molecular flexibility index (Phi) is 4.34. The molecule has 1 aromatic carbocycles. The predicted octanol–water partition coefficient (Wildman–Crippen LogP) is 1.91. The first-order valence-electron chi connectivity index (χ1n) is 6.33. The average Bonchev–Trinajstić information content (AvgIpc) is 2.78. The smallest absolute Gasteiger partial charge is 0.330 e. The number of rotatable bonds is 5. The maximum absolute atomic E-state index is 11.9. The molecular weight excluding hydrogens is 242 g/mol. The molecular formula is C15H17NO3. The Bertz CT molecular complexity index is 470. The van der Waals surface area contributed by atoms with Gasteiger partial charge in [-0.25, -0.2) is 4.79 Å². The number of benzene rings is 1. The molecule has 1 amide bonds. The van der Waals surface area contributed by atoms with Crippen molar-refractivity contribution in [2.75, 3.05) is 6.61 Å². The summed E-state index contributed by atoms with van der Waals surface area (Å²) < 4.78 is 5.04. The predicted molar refractivity (Wildman–Crippen MR) is 71.2 cm³/mol. The van der Waals surface area contributed by atoms with E-state index in [-0.39, 0.29) is 18.6 Å². The van der Waals surface area contributed by atoms with Crippen molar-refractivity contribution in [2.45, 2.75) is 25.4 Å². The monoisotopic (exact) mass is 259 g/mol. The minimum absolute atomic E-state index is 0.0309. The Labute approximate surface area is 112 Å². The van der Waals surface area contributed by atoms with Gasteiger partial charge >= 0.3 is 5.97 Å². The number of hydrogen-bond acceptors (Lipinski definition) is 3. The summed E-state index contributed by atoms with van der Waals surface area (Å²) in [5.74, 6) is -0.331. The van der Waals surface area contributed by atoms with Gasteiger partial charge in [-0.15, -0.1) is 0 Å². The summed E-state index contributed by atoms with van der Waals surface area (Å²) in [5, 5.41) is 0. The standard InChI is InChI=1S/C15H17NO3/c1-2-15(18)19-11-13-8-9-14(17)16(13)10-12-6-4-3-5-7-12/h2-7,13H,1,8-11H2/t13-/m0/s1. The van der Waals surface area contributed by atoms with Gasteiger partial charge in [-0.1, -0.05) is 36.9 Å². The third-order valence-corrected chi connectivity index (χ3v) is 3.23. The van der Waals surface area contributed by atoms with Crippen molar-refractivity contribution in [1.82, 2.24) is 4.90 Å². The Morgan fingerprint density at radius 2 is 2.16 bits per heavy atom. The molecule has 100 valence electrons. The lowest BCUT2D eigenvalue weighted by molar-refractivity contribution is -0.141. The van der Waals surface area contributed by atoms with Crippen LogP contribution in [0.3, 0.4) is 0 Å². The van der Waals surface area contributed by atoms with Crippen molar-refractivity contribution in [3.8, 4) is 0 Å². The van der Waals surface area contributed by atoms with Crippen LogP contribution in [-0.4, -0.2) is 29.4 Å². The van der Waals surface area contributed by atoms with E-state index in [1.165, 1.54) is 0 Å². The summed E-state index contributed by atoms with van der Waals surface area (Å²) in [7, 11) is 0. The summed E-state index contributed by atoms with van der Waals surface area (Å²) in [6, 6.07) is 9.78. The molecule has 1 fully saturated rings. The lowest BCUT2D eigenvalue weighted by atomic mass is 10.2. The Morgan fingerprint density at radius 3 is 2.84 bits per heavy atom. The molecule has 1 aromatic rings. The van der Waals surface area contributed by atoms with E-state index in [0.717, 1.165) is 18.1 Å². The zero-order chi connectivity index (χ0) is 13.7. The zero-order valence-corrected chi connectivity index (χ0v) is 10.7. The number of nitrogens with zero attached hydrogens (tertiary/aromatic N) is 1. The van der Waals surface area contributed by atoms with Crippen molar-refractivity contribution < 1.29 is 14.3 Å². The number of esters is 1. The van der Waals surface area contributed by atoms with Gasteiger partial charge in [0.1, 0.15) is 6.61 Å². The zero-order valence-electron chi connectivity index (χ0n) is 10.7. The first-order valence-corrected chi connectivity index (χ1v) is 6.33. The van der Waals surface area contributed by atoms with Crippen LogP contribution in [-0.2, 0) is 20.9 Å². The lowest BCUT2D eigenvalue weighted by Crippen LogP contribution is -2.36. The van der Waals surface area contributed by atoms with E-state index in [4.69, 9.17) is 4.74 Å². The molecule has 2 rings (SSSR count). The molecule has 1 aliphatic heterocycles. The van der Waals surface area contributed by atoms with Gasteiger partial charge in [0.2, 0.25) is 5.91 Å². The minimum atomic E-state index is -0.445. The Hall–Kier alpha value is -2.10. The average molecular weight is 259 g/mol. The van der Waals surface area contributed by atoms with Gasteiger partial charge in [0, 0.05) is 19.0 Å². The minimum Gasteiger partial charge on any atom is -0.460 e. The van der Waals surface area contributed by atoms with E-state index < -0.39 is 5.97 Å². The molecule has 1 atom stereocenters. The number of hydrogen-bond donors (Lipinski definition) is 0. The van der Waals surface area contributed by atoms with Gasteiger partial charge in [-0.05, 0) is 12.0 Å². The molecule has 1 aliphatic rings. The number of ether oxygens (including phenoxy) is 1. The highest BCUT2D eigenvalue weighted by atomic mass is 16.5. The second-order valence-corrected chi connectivity index (χ2v) is 4.53. The number of carbonyl (C=O) groups is 2. The molecule has 0 aliphatic carbocycles. The summed E-state index contributed by atoms with van der Waals surface area (Å²) in [6.07, 6.45) is 2.39. The van der Waals surface area contributed by atoms with Gasteiger partial charge in [-0.3, -0.25) is 4.79 Å². The highest BCUT2D eigenvalue weighted by Gasteiger charge is 2.31. The number of likely N-dealkylation sites (tertiary alicyclic amines) is 1. The topological polar surface area (TPSA) is 46.6 Å². The third-order valence-electron chi connectivity index (χ3n) is 3.23.